The molecule has 0 unspecified atom stereocenters. The predicted molar refractivity (Wildman–Crippen MR) is 177 cm³/mol. The summed E-state index contributed by atoms with van der Waals surface area (Å²) in [4.78, 5) is 16.6. The average molecular weight is 654 g/mol. The Kier molecular flexibility index (Phi) is 14.1. The number of benzene rings is 4. The summed E-state index contributed by atoms with van der Waals surface area (Å²) in [6.07, 6.45) is 2.37. The maximum absolute atomic E-state index is 12.2. The zero-order valence-corrected chi connectivity index (χ0v) is 27.8. The summed E-state index contributed by atoms with van der Waals surface area (Å²) < 4.78 is 56.7. The highest BCUT2D eigenvalue weighted by molar-refractivity contribution is 7.91. The van der Waals surface area contributed by atoms with Crippen LogP contribution in [0.1, 0.15) is 38.2 Å². The van der Waals surface area contributed by atoms with Gasteiger partial charge in [-0.1, -0.05) is 41.5 Å². The van der Waals surface area contributed by atoms with Gasteiger partial charge in [0, 0.05) is 11.8 Å². The Morgan fingerprint density at radius 3 is 1.56 bits per heavy atom. The Bertz CT molecular complexity index is 1800. The molecular weight excluding hydrogens is 615 g/mol. The fourth-order valence-corrected chi connectivity index (χ4v) is 5.38. The van der Waals surface area contributed by atoms with Gasteiger partial charge in [0.05, 0.1) is 24.0 Å². The smallest absolute Gasteiger partial charge is 0.253 e. The normalized spacial score (nSPS) is 11.1. The lowest BCUT2D eigenvalue weighted by Crippen LogP contribution is -2.30. The summed E-state index contributed by atoms with van der Waals surface area (Å²) in [7, 11) is -3.71. The van der Waals surface area contributed by atoms with Crippen LogP contribution >= 0.6 is 0 Å². The molecule has 0 radical (unpaired) electrons. The van der Waals surface area contributed by atoms with Gasteiger partial charge in [0.15, 0.2) is 9.84 Å². The standard InChI is InChI=1S/C17H19NO3S.C9H10O2.C7H10N2O2S/c1-13-4-6-17(7-5-13)22(19,20)12-18-11-15-8-14(2)9-16(10-15)21-3;1-7-3-8(6-10)5-9(4-7)11-2;1-6-2-4-7(5-3-6)12(10,11)9-8/h4-11H,12H2,1-3H3;3-6H,1-2H3;2-5,9H,8H2,1H3. The number of hydrogen-bond acceptors (Lipinski definition) is 9. The van der Waals surface area contributed by atoms with E-state index in [2.05, 4.69) is 4.99 Å². The van der Waals surface area contributed by atoms with Gasteiger partial charge in [-0.2, -0.15) is 4.83 Å². The second-order valence-corrected chi connectivity index (χ2v) is 13.7. The van der Waals surface area contributed by atoms with Gasteiger partial charge in [-0.05, 0) is 99.0 Å². The summed E-state index contributed by atoms with van der Waals surface area (Å²) in [6.45, 7) is 7.67. The van der Waals surface area contributed by atoms with Gasteiger partial charge in [-0.3, -0.25) is 15.6 Å². The molecule has 4 rings (SSSR count). The molecule has 0 aliphatic carbocycles. The van der Waals surface area contributed by atoms with E-state index in [-0.39, 0.29) is 15.7 Å². The van der Waals surface area contributed by atoms with Gasteiger partial charge in [0.2, 0.25) is 0 Å². The first-order valence-corrected chi connectivity index (χ1v) is 16.7. The van der Waals surface area contributed by atoms with Gasteiger partial charge >= 0.3 is 0 Å². The molecule has 0 atom stereocenters. The maximum Gasteiger partial charge on any atom is 0.253 e. The molecule has 0 saturated heterocycles. The first kappa shape index (κ1) is 36.8. The van der Waals surface area contributed by atoms with Crippen LogP contribution in [0, 0.1) is 27.7 Å². The third kappa shape index (κ3) is 12.3. The van der Waals surface area contributed by atoms with Gasteiger partial charge in [0.25, 0.3) is 10.0 Å². The monoisotopic (exact) mass is 653 g/mol. The molecule has 0 bridgehead atoms. The van der Waals surface area contributed by atoms with Crippen LogP contribution < -0.4 is 20.1 Å². The van der Waals surface area contributed by atoms with Crippen molar-refractivity contribution in [3.05, 3.63) is 118 Å². The van der Waals surface area contributed by atoms with E-state index < -0.39 is 19.9 Å². The number of aliphatic imine (C=N–C) groups is 1. The fourth-order valence-electron chi connectivity index (χ4n) is 3.78. The lowest BCUT2D eigenvalue weighted by Gasteiger charge is -2.04. The largest absolute Gasteiger partial charge is 0.497 e. The molecule has 12 heteroatoms. The van der Waals surface area contributed by atoms with Gasteiger partial charge in [-0.15, -0.1) is 0 Å². The Morgan fingerprint density at radius 2 is 1.11 bits per heavy atom. The van der Waals surface area contributed by atoms with Crippen LogP contribution in [0.25, 0.3) is 0 Å². The Balaban J connectivity index is 0.000000259. The molecule has 0 fully saturated rings. The molecule has 4 aromatic rings. The Labute approximate surface area is 265 Å². The second-order valence-electron chi connectivity index (χ2n) is 9.99. The van der Waals surface area contributed by atoms with Crippen LogP contribution in [0.5, 0.6) is 11.5 Å². The van der Waals surface area contributed by atoms with Gasteiger partial charge in [-0.25, -0.2) is 16.8 Å². The van der Waals surface area contributed by atoms with Crippen LogP contribution in [-0.4, -0.2) is 49.4 Å². The third-order valence-corrected chi connectivity index (χ3v) is 8.79. The van der Waals surface area contributed by atoms with E-state index in [1.54, 1.807) is 67.7 Å². The highest BCUT2D eigenvalue weighted by Crippen LogP contribution is 2.17. The Morgan fingerprint density at radius 1 is 0.667 bits per heavy atom. The lowest BCUT2D eigenvalue weighted by molar-refractivity contribution is 0.112. The first-order valence-electron chi connectivity index (χ1n) is 13.6. The van der Waals surface area contributed by atoms with Crippen molar-refractivity contribution in [3.8, 4) is 11.5 Å². The molecule has 0 aliphatic rings. The molecule has 10 nitrogen and oxygen atoms in total. The number of nitrogens with zero attached hydrogens (tertiary/aromatic N) is 1. The van der Waals surface area contributed by atoms with Crippen molar-refractivity contribution >= 4 is 32.4 Å². The second kappa shape index (κ2) is 17.2. The number of nitrogens with two attached hydrogens (primary N) is 1. The van der Waals surface area contributed by atoms with Crippen LogP contribution in [0.4, 0.5) is 0 Å². The number of carbonyl (C=O) groups is 1. The van der Waals surface area contributed by atoms with Crippen LogP contribution in [0.2, 0.25) is 0 Å². The molecule has 0 amide bonds. The zero-order valence-electron chi connectivity index (χ0n) is 26.1. The van der Waals surface area contributed by atoms with E-state index in [0.717, 1.165) is 45.6 Å². The molecule has 45 heavy (non-hydrogen) atoms. The lowest BCUT2D eigenvalue weighted by atomic mass is 10.1. The number of ether oxygens (including phenoxy) is 2. The number of methoxy groups -OCH3 is 2. The van der Waals surface area contributed by atoms with E-state index in [9.17, 15) is 21.6 Å². The number of hydrogen-bond donors (Lipinski definition) is 2. The molecule has 0 saturated carbocycles. The van der Waals surface area contributed by atoms with E-state index in [0.29, 0.717) is 5.56 Å². The molecule has 4 aromatic carbocycles. The molecule has 3 N–H and O–H groups in total. The number of nitrogens with one attached hydrogen (secondary N) is 1. The third-order valence-electron chi connectivity index (χ3n) is 6.11. The molecule has 0 aromatic heterocycles. The summed E-state index contributed by atoms with van der Waals surface area (Å²) in [6, 6.07) is 24.3. The SMILES string of the molecule is COc1cc(C)cc(C=NCS(=O)(=O)c2ccc(C)cc2)c1.COc1cc(C)cc(C=O)c1.Cc1ccc(S(=O)(=O)NN)cc1. The van der Waals surface area contributed by atoms with Crippen molar-refractivity contribution in [3.63, 3.8) is 0 Å². The van der Waals surface area contributed by atoms with Crippen LogP contribution in [0.15, 0.2) is 99.7 Å². The number of aldehydes is 1. The number of rotatable bonds is 9. The average Bonchev–Trinajstić information content (AvgIpc) is 3.01. The first-order chi connectivity index (χ1) is 21.2. The van der Waals surface area contributed by atoms with Crippen molar-refractivity contribution < 1.29 is 31.1 Å². The minimum absolute atomic E-state index is 0.176. The number of sulfone groups is 1. The zero-order chi connectivity index (χ0) is 33.6. The molecule has 0 aliphatic heterocycles. The maximum atomic E-state index is 12.2. The summed E-state index contributed by atoms with van der Waals surface area (Å²) >= 11 is 0. The number of hydrazine groups is 1. The quantitative estimate of drug-likeness (QED) is 0.109. The van der Waals surface area contributed by atoms with E-state index >= 15 is 0 Å². The summed E-state index contributed by atoms with van der Waals surface area (Å²) in [5, 5.41) is 0. The predicted octanol–water partition coefficient (Wildman–Crippen LogP) is 5.13. The van der Waals surface area contributed by atoms with Gasteiger partial charge < -0.3 is 9.47 Å². The number of aryl methyl sites for hydroxylation is 4. The molecule has 0 heterocycles. The van der Waals surface area contributed by atoms with E-state index in [1.807, 2.05) is 58.0 Å². The van der Waals surface area contributed by atoms with Crippen LogP contribution in [0.3, 0.4) is 0 Å². The van der Waals surface area contributed by atoms with Crippen molar-refractivity contribution in [1.29, 1.82) is 0 Å². The van der Waals surface area contributed by atoms with Crippen molar-refractivity contribution in [2.24, 2.45) is 10.8 Å². The Hall–Kier alpha value is -4.36. The molecule has 240 valence electrons. The number of carbonyl (C=O) groups excluding carboxylic acids is 1. The molecule has 0 spiro atoms. The summed E-state index contributed by atoms with van der Waals surface area (Å²) in [5.41, 5.74) is 5.56. The fraction of sp³-hybridized carbons (Fsp3) is 0.212. The van der Waals surface area contributed by atoms with Gasteiger partial charge in [0.1, 0.15) is 23.7 Å². The van der Waals surface area contributed by atoms with Crippen molar-refractivity contribution in [2.45, 2.75) is 37.5 Å². The van der Waals surface area contributed by atoms with Crippen LogP contribution in [-0.2, 0) is 19.9 Å². The topological polar surface area (TPSA) is 154 Å². The highest BCUT2D eigenvalue weighted by atomic mass is 32.2. The molecular formula is C33H39N3O7S2. The highest BCUT2D eigenvalue weighted by Gasteiger charge is 2.12. The minimum atomic E-state index is -3.49. The summed E-state index contributed by atoms with van der Waals surface area (Å²) in [5.74, 6) is 6.02. The van der Waals surface area contributed by atoms with E-state index in [4.69, 9.17) is 15.3 Å². The van der Waals surface area contributed by atoms with Crippen molar-refractivity contribution in [1.82, 2.24) is 4.83 Å². The minimum Gasteiger partial charge on any atom is -0.497 e. The van der Waals surface area contributed by atoms with Crippen molar-refractivity contribution in [2.75, 3.05) is 20.1 Å². The van der Waals surface area contributed by atoms with E-state index in [1.165, 1.54) is 12.1 Å². The number of sulfonamides is 1.